The molecule has 1 aliphatic heterocycles. The van der Waals surface area contributed by atoms with Crippen molar-refractivity contribution in [2.45, 2.75) is 39.5 Å². The predicted molar refractivity (Wildman–Crippen MR) is 149 cm³/mol. The molecule has 0 aliphatic carbocycles. The lowest BCUT2D eigenvalue weighted by Gasteiger charge is -2.16. The Labute approximate surface area is 228 Å². The number of nitrogens with one attached hydrogen (secondary N) is 1. The molecule has 0 bridgehead atoms. The number of thioether (sulfide) groups is 1. The monoisotopic (exact) mass is 596 g/mol. The average Bonchev–Trinajstić information content (AvgIpc) is 3.07. The van der Waals surface area contributed by atoms with Crippen molar-refractivity contribution in [1.29, 1.82) is 0 Å². The van der Waals surface area contributed by atoms with Gasteiger partial charge in [0, 0.05) is 10.6 Å². The maximum atomic E-state index is 13.0. The number of nitrogens with zero attached hydrogens (tertiary/aromatic N) is 1. The van der Waals surface area contributed by atoms with Gasteiger partial charge >= 0.3 is 0 Å². The smallest absolute Gasteiger partial charge is 0.285 e. The van der Waals surface area contributed by atoms with Crippen LogP contribution < -0.4 is 14.9 Å². The largest absolute Gasteiger partial charge is 0.490 e. The highest BCUT2D eigenvalue weighted by molar-refractivity contribution is 9.10. The number of carbonyl (C=O) groups is 2. The van der Waals surface area contributed by atoms with E-state index in [1.54, 1.807) is 24.3 Å². The molecule has 10 heteroatoms. The van der Waals surface area contributed by atoms with E-state index in [1.165, 1.54) is 18.9 Å². The third-order valence-electron chi connectivity index (χ3n) is 4.97. The molecule has 1 fully saturated rings. The van der Waals surface area contributed by atoms with Gasteiger partial charge in [0.05, 0.1) is 22.6 Å². The summed E-state index contributed by atoms with van der Waals surface area (Å²) in [6.45, 7) is 5.15. The Morgan fingerprint density at radius 2 is 2.00 bits per heavy atom. The molecule has 0 atom stereocenters. The second-order valence-electron chi connectivity index (χ2n) is 7.64. The maximum Gasteiger partial charge on any atom is 0.285 e. The zero-order valence-corrected chi connectivity index (χ0v) is 23.4. The van der Waals surface area contributed by atoms with Crippen LogP contribution in [0.2, 0.25) is 5.02 Å². The van der Waals surface area contributed by atoms with Gasteiger partial charge in [0.15, 0.2) is 15.8 Å². The van der Waals surface area contributed by atoms with Crippen LogP contribution in [0.1, 0.15) is 55.5 Å². The third-order valence-corrected chi connectivity index (χ3v) is 7.09. The van der Waals surface area contributed by atoms with Crippen molar-refractivity contribution < 1.29 is 19.1 Å². The van der Waals surface area contributed by atoms with Crippen LogP contribution in [0.15, 0.2) is 45.8 Å². The lowest BCUT2D eigenvalue weighted by Crippen LogP contribution is -2.44. The number of benzene rings is 2. The van der Waals surface area contributed by atoms with E-state index < -0.39 is 11.8 Å². The predicted octanol–water partition coefficient (Wildman–Crippen LogP) is 7.01. The van der Waals surface area contributed by atoms with E-state index in [9.17, 15) is 9.59 Å². The first kappa shape index (κ1) is 27.5. The molecule has 2 amide bonds. The molecule has 2 aromatic carbocycles. The van der Waals surface area contributed by atoms with Gasteiger partial charge in [-0.05, 0) is 83.5 Å². The number of unbranched alkanes of at least 4 members (excludes halogenated alkanes) is 3. The Hall–Kier alpha value is -2.07. The molecule has 2 aromatic rings. The minimum atomic E-state index is -0.480. The van der Waals surface area contributed by atoms with E-state index in [-0.39, 0.29) is 4.32 Å². The first-order chi connectivity index (χ1) is 16.8. The Morgan fingerprint density at radius 3 is 2.71 bits per heavy atom. The summed E-state index contributed by atoms with van der Waals surface area (Å²) in [7, 11) is 0. The fraction of sp³-hybridized carbons (Fsp3) is 0.320. The fourth-order valence-electron chi connectivity index (χ4n) is 3.29. The quantitative estimate of drug-likeness (QED) is 0.171. The van der Waals surface area contributed by atoms with Crippen molar-refractivity contribution in [2.24, 2.45) is 0 Å². The topological polar surface area (TPSA) is 67.9 Å². The summed E-state index contributed by atoms with van der Waals surface area (Å²) in [5.74, 6) is 0.336. The number of hydrazine groups is 1. The van der Waals surface area contributed by atoms with Crippen LogP contribution in [0.5, 0.6) is 11.5 Å². The highest BCUT2D eigenvalue weighted by Gasteiger charge is 2.34. The van der Waals surface area contributed by atoms with Gasteiger partial charge in [0.1, 0.15) is 0 Å². The number of hydrogen-bond acceptors (Lipinski definition) is 6. The molecule has 1 saturated heterocycles. The minimum Gasteiger partial charge on any atom is -0.490 e. The van der Waals surface area contributed by atoms with E-state index in [0.29, 0.717) is 40.2 Å². The molecular formula is C25H26BrClN2O4S2. The summed E-state index contributed by atoms with van der Waals surface area (Å²) >= 11 is 16.0. The van der Waals surface area contributed by atoms with Gasteiger partial charge in [0.25, 0.3) is 11.8 Å². The van der Waals surface area contributed by atoms with Gasteiger partial charge in [-0.25, -0.2) is 0 Å². The van der Waals surface area contributed by atoms with Crippen LogP contribution in [0.4, 0.5) is 0 Å². The molecule has 0 spiro atoms. The summed E-state index contributed by atoms with van der Waals surface area (Å²) < 4.78 is 12.8. The number of amides is 2. The molecule has 1 heterocycles. The zero-order valence-electron chi connectivity index (χ0n) is 19.4. The normalized spacial score (nSPS) is 14.5. The summed E-state index contributed by atoms with van der Waals surface area (Å²) in [5.41, 5.74) is 3.62. The summed E-state index contributed by atoms with van der Waals surface area (Å²) in [4.78, 5) is 25.9. The van der Waals surface area contributed by atoms with Crippen LogP contribution in [0, 0.1) is 0 Å². The Kier molecular flexibility index (Phi) is 10.5. The van der Waals surface area contributed by atoms with Crippen molar-refractivity contribution in [3.05, 3.63) is 61.9 Å². The van der Waals surface area contributed by atoms with Gasteiger partial charge < -0.3 is 9.47 Å². The SMILES string of the molecule is CCCCCCOc1c(Br)cc(/C=C2\SC(=S)N(NC(=O)c3cccc(Cl)c3)C2=O)cc1OCC. The van der Waals surface area contributed by atoms with Crippen LogP contribution >= 0.6 is 51.5 Å². The highest BCUT2D eigenvalue weighted by atomic mass is 79.9. The minimum absolute atomic E-state index is 0.229. The molecule has 0 saturated carbocycles. The summed E-state index contributed by atoms with van der Waals surface area (Å²) in [6.07, 6.45) is 6.14. The van der Waals surface area contributed by atoms with Crippen LogP contribution in [0.3, 0.4) is 0 Å². The second kappa shape index (κ2) is 13.3. The van der Waals surface area contributed by atoms with Crippen LogP contribution in [-0.4, -0.2) is 34.4 Å². The molecule has 1 N–H and O–H groups in total. The molecule has 6 nitrogen and oxygen atoms in total. The van der Waals surface area contributed by atoms with E-state index in [4.69, 9.17) is 33.3 Å². The lowest BCUT2D eigenvalue weighted by molar-refractivity contribution is -0.123. The zero-order chi connectivity index (χ0) is 25.4. The van der Waals surface area contributed by atoms with Crippen molar-refractivity contribution in [1.82, 2.24) is 10.4 Å². The summed E-state index contributed by atoms with van der Waals surface area (Å²) in [5, 5.41) is 1.49. The van der Waals surface area contributed by atoms with Crippen LogP contribution in [-0.2, 0) is 4.79 Å². The molecule has 0 unspecified atom stereocenters. The molecular weight excluding hydrogens is 572 g/mol. The Bertz CT molecular complexity index is 1140. The molecule has 35 heavy (non-hydrogen) atoms. The maximum absolute atomic E-state index is 13.0. The highest BCUT2D eigenvalue weighted by Crippen LogP contribution is 2.39. The fourth-order valence-corrected chi connectivity index (χ4v) is 5.23. The molecule has 3 rings (SSSR count). The van der Waals surface area contributed by atoms with E-state index in [2.05, 4.69) is 28.3 Å². The lowest BCUT2D eigenvalue weighted by atomic mass is 10.1. The van der Waals surface area contributed by atoms with Crippen molar-refractivity contribution >= 4 is 73.7 Å². The van der Waals surface area contributed by atoms with Gasteiger partial charge in [-0.15, -0.1) is 0 Å². The molecule has 186 valence electrons. The van der Waals surface area contributed by atoms with Gasteiger partial charge in [0.2, 0.25) is 0 Å². The Morgan fingerprint density at radius 1 is 1.20 bits per heavy atom. The Balaban J connectivity index is 1.76. The number of halogens is 2. The molecule has 1 aliphatic rings. The van der Waals surface area contributed by atoms with Crippen molar-refractivity contribution in [3.8, 4) is 11.5 Å². The van der Waals surface area contributed by atoms with Gasteiger partial charge in [-0.1, -0.05) is 55.6 Å². The average molecular weight is 598 g/mol. The molecule has 0 aromatic heterocycles. The number of ether oxygens (including phenoxy) is 2. The van der Waals surface area contributed by atoms with E-state index in [0.717, 1.165) is 39.6 Å². The van der Waals surface area contributed by atoms with Crippen molar-refractivity contribution in [2.75, 3.05) is 13.2 Å². The number of thiocarbonyl (C=S) groups is 1. The first-order valence-corrected chi connectivity index (χ1v) is 13.7. The summed E-state index contributed by atoms with van der Waals surface area (Å²) in [6, 6.07) is 10.1. The first-order valence-electron chi connectivity index (χ1n) is 11.3. The molecule has 0 radical (unpaired) electrons. The van der Waals surface area contributed by atoms with Gasteiger partial charge in [-0.3, -0.25) is 15.0 Å². The second-order valence-corrected chi connectivity index (χ2v) is 10.6. The number of rotatable bonds is 11. The van der Waals surface area contributed by atoms with Gasteiger partial charge in [-0.2, -0.15) is 5.01 Å². The number of hydrogen-bond donors (Lipinski definition) is 1. The third kappa shape index (κ3) is 7.46. The standard InChI is InChI=1S/C25H26BrClN2O4S2/c1-3-5-6-7-11-33-22-19(26)12-16(13-20(22)32-4-2)14-21-24(31)29(25(34)35-21)28-23(30)17-9-8-10-18(27)15-17/h8-10,12-15H,3-7,11H2,1-2H3,(H,28,30)/b21-14-. The van der Waals surface area contributed by atoms with E-state index in [1.807, 2.05) is 19.1 Å². The van der Waals surface area contributed by atoms with Crippen LogP contribution in [0.25, 0.3) is 6.08 Å². The number of carbonyl (C=O) groups excluding carboxylic acids is 2. The van der Waals surface area contributed by atoms with E-state index >= 15 is 0 Å². The van der Waals surface area contributed by atoms with Crippen molar-refractivity contribution in [3.63, 3.8) is 0 Å².